The van der Waals surface area contributed by atoms with Gasteiger partial charge in [-0.3, -0.25) is 9.78 Å². The van der Waals surface area contributed by atoms with Gasteiger partial charge in [0.05, 0.1) is 11.7 Å². The van der Waals surface area contributed by atoms with Crippen LogP contribution in [0.4, 0.5) is 5.13 Å². The van der Waals surface area contributed by atoms with E-state index in [4.69, 9.17) is 0 Å². The number of nitrogens with zero attached hydrogens (tertiary/aromatic N) is 4. The molecule has 1 fully saturated rings. The van der Waals surface area contributed by atoms with E-state index in [1.54, 1.807) is 40.5 Å². The maximum Gasteiger partial charge on any atom is 0.267 e. The number of aromatic nitrogens is 4. The summed E-state index contributed by atoms with van der Waals surface area (Å²) in [7, 11) is 0. The van der Waals surface area contributed by atoms with Gasteiger partial charge < -0.3 is 5.32 Å². The summed E-state index contributed by atoms with van der Waals surface area (Å²) in [6.07, 6.45) is 9.21. The van der Waals surface area contributed by atoms with E-state index in [-0.39, 0.29) is 11.6 Å². The van der Waals surface area contributed by atoms with E-state index in [1.807, 2.05) is 23.7 Å². The van der Waals surface area contributed by atoms with Crippen LogP contribution < -0.4 is 10.9 Å². The molecule has 128 valence electrons. The molecular formula is C18H19N5OS. The zero-order valence-electron chi connectivity index (χ0n) is 13.7. The van der Waals surface area contributed by atoms with Crippen LogP contribution in [-0.2, 0) is 0 Å². The van der Waals surface area contributed by atoms with Gasteiger partial charge in [0, 0.05) is 41.6 Å². The van der Waals surface area contributed by atoms with Crippen LogP contribution in [0.25, 0.3) is 11.3 Å². The maximum absolute atomic E-state index is 12.3. The van der Waals surface area contributed by atoms with Crippen molar-refractivity contribution in [3.63, 3.8) is 0 Å². The highest BCUT2D eigenvalue weighted by atomic mass is 32.1. The van der Waals surface area contributed by atoms with E-state index in [0.717, 1.165) is 42.1 Å². The number of hydrogen-bond acceptors (Lipinski definition) is 6. The summed E-state index contributed by atoms with van der Waals surface area (Å²) in [5, 5.41) is 11.0. The Hall–Kier alpha value is -2.54. The van der Waals surface area contributed by atoms with Gasteiger partial charge in [-0.2, -0.15) is 5.10 Å². The van der Waals surface area contributed by atoms with Crippen LogP contribution in [0.3, 0.4) is 0 Å². The minimum absolute atomic E-state index is 0.0380. The third kappa shape index (κ3) is 3.61. The zero-order chi connectivity index (χ0) is 17.1. The molecule has 4 rings (SSSR count). The largest absolute Gasteiger partial charge is 0.359 e. The molecule has 25 heavy (non-hydrogen) atoms. The van der Waals surface area contributed by atoms with E-state index in [2.05, 4.69) is 20.4 Å². The molecule has 1 N–H and O–H groups in total. The second-order valence-electron chi connectivity index (χ2n) is 6.23. The molecule has 0 aromatic carbocycles. The van der Waals surface area contributed by atoms with Gasteiger partial charge in [0.2, 0.25) is 0 Å². The molecule has 3 heterocycles. The summed E-state index contributed by atoms with van der Waals surface area (Å²) in [5.74, 6) is 0. The van der Waals surface area contributed by atoms with Crippen molar-refractivity contribution < 1.29 is 0 Å². The molecular weight excluding hydrogens is 334 g/mol. The third-order valence-electron chi connectivity index (χ3n) is 4.58. The minimum atomic E-state index is -0.0380. The van der Waals surface area contributed by atoms with Crippen LogP contribution in [0.1, 0.15) is 31.7 Å². The first-order valence-electron chi connectivity index (χ1n) is 8.46. The van der Waals surface area contributed by atoms with Crippen molar-refractivity contribution in [2.45, 2.75) is 37.8 Å². The smallest absolute Gasteiger partial charge is 0.267 e. The summed E-state index contributed by atoms with van der Waals surface area (Å²) in [4.78, 5) is 20.7. The molecule has 0 saturated heterocycles. The Kier molecular flexibility index (Phi) is 4.56. The van der Waals surface area contributed by atoms with Crippen LogP contribution in [0.15, 0.2) is 53.0 Å². The fourth-order valence-electron chi connectivity index (χ4n) is 3.29. The quantitative estimate of drug-likeness (QED) is 0.779. The standard InChI is InChI=1S/C18H19N5OS/c24-17-8-7-16(13-2-1-9-19-12-13)22-23(17)15-5-3-14(4-6-15)21-18-20-10-11-25-18/h1-2,7-12,14-15H,3-6H2,(H,20,21). The number of rotatable bonds is 4. The van der Waals surface area contributed by atoms with Crippen molar-refractivity contribution in [2.75, 3.05) is 5.32 Å². The van der Waals surface area contributed by atoms with Crippen molar-refractivity contribution in [1.29, 1.82) is 0 Å². The summed E-state index contributed by atoms with van der Waals surface area (Å²) in [6, 6.07) is 7.78. The number of nitrogens with one attached hydrogen (secondary N) is 1. The van der Waals surface area contributed by atoms with Crippen molar-refractivity contribution in [1.82, 2.24) is 19.7 Å². The number of pyridine rings is 1. The number of thiazole rings is 1. The molecule has 0 spiro atoms. The van der Waals surface area contributed by atoms with Gasteiger partial charge in [0.15, 0.2) is 5.13 Å². The lowest BCUT2D eigenvalue weighted by atomic mass is 9.91. The van der Waals surface area contributed by atoms with Gasteiger partial charge in [-0.1, -0.05) is 0 Å². The lowest BCUT2D eigenvalue weighted by Crippen LogP contribution is -2.33. The Morgan fingerprint density at radius 2 is 2.00 bits per heavy atom. The predicted molar refractivity (Wildman–Crippen MR) is 98.8 cm³/mol. The van der Waals surface area contributed by atoms with Crippen LogP contribution in [0, 0.1) is 0 Å². The van der Waals surface area contributed by atoms with E-state index in [9.17, 15) is 4.79 Å². The molecule has 6 nitrogen and oxygen atoms in total. The molecule has 3 aromatic heterocycles. The van der Waals surface area contributed by atoms with E-state index >= 15 is 0 Å². The molecule has 7 heteroatoms. The molecule has 1 aliphatic carbocycles. The topological polar surface area (TPSA) is 72.7 Å². The molecule has 0 aliphatic heterocycles. The molecule has 0 bridgehead atoms. The monoisotopic (exact) mass is 353 g/mol. The van der Waals surface area contributed by atoms with Crippen LogP contribution >= 0.6 is 11.3 Å². The predicted octanol–water partition coefficient (Wildman–Crippen LogP) is 3.36. The van der Waals surface area contributed by atoms with Crippen molar-refractivity contribution in [2.24, 2.45) is 0 Å². The lowest BCUT2D eigenvalue weighted by molar-refractivity contribution is 0.304. The summed E-state index contributed by atoms with van der Waals surface area (Å²) in [5.41, 5.74) is 1.68. The number of anilines is 1. The Balaban J connectivity index is 1.48. The molecule has 0 atom stereocenters. The second-order valence-corrected chi connectivity index (χ2v) is 7.12. The highest BCUT2D eigenvalue weighted by molar-refractivity contribution is 7.13. The Labute approximate surface area is 149 Å². The maximum atomic E-state index is 12.3. The highest BCUT2D eigenvalue weighted by Crippen LogP contribution is 2.29. The van der Waals surface area contributed by atoms with Gasteiger partial charge in [0.1, 0.15) is 0 Å². The fourth-order valence-corrected chi connectivity index (χ4v) is 3.90. The van der Waals surface area contributed by atoms with Gasteiger partial charge >= 0.3 is 0 Å². The first-order chi connectivity index (χ1) is 12.3. The Morgan fingerprint density at radius 1 is 1.12 bits per heavy atom. The van der Waals surface area contributed by atoms with Crippen molar-refractivity contribution in [3.05, 3.63) is 58.6 Å². The molecule has 1 saturated carbocycles. The zero-order valence-corrected chi connectivity index (χ0v) is 14.5. The highest BCUT2D eigenvalue weighted by Gasteiger charge is 2.24. The average molecular weight is 353 g/mol. The van der Waals surface area contributed by atoms with Crippen molar-refractivity contribution >= 4 is 16.5 Å². The SMILES string of the molecule is O=c1ccc(-c2cccnc2)nn1C1CCC(Nc2nccs2)CC1. The van der Waals surface area contributed by atoms with Gasteiger partial charge in [-0.15, -0.1) is 11.3 Å². The molecule has 0 amide bonds. The van der Waals surface area contributed by atoms with E-state index < -0.39 is 0 Å². The van der Waals surface area contributed by atoms with Gasteiger partial charge in [0.25, 0.3) is 5.56 Å². The van der Waals surface area contributed by atoms with Gasteiger partial charge in [-0.25, -0.2) is 9.67 Å². The van der Waals surface area contributed by atoms with Crippen LogP contribution in [0.2, 0.25) is 0 Å². The fraction of sp³-hybridized carbons (Fsp3) is 0.333. The molecule has 3 aromatic rings. The summed E-state index contributed by atoms with van der Waals surface area (Å²) >= 11 is 1.62. The second kappa shape index (κ2) is 7.14. The molecule has 1 aliphatic rings. The average Bonchev–Trinajstić information content (AvgIpc) is 3.17. The lowest BCUT2D eigenvalue weighted by Gasteiger charge is -2.29. The molecule has 0 radical (unpaired) electrons. The van der Waals surface area contributed by atoms with Crippen LogP contribution in [0.5, 0.6) is 0 Å². The first-order valence-corrected chi connectivity index (χ1v) is 9.34. The summed E-state index contributed by atoms with van der Waals surface area (Å²) in [6.45, 7) is 0. The van der Waals surface area contributed by atoms with Gasteiger partial charge in [-0.05, 0) is 43.9 Å². The molecule has 0 unspecified atom stereocenters. The van der Waals surface area contributed by atoms with E-state index in [0.29, 0.717) is 6.04 Å². The Morgan fingerprint density at radius 3 is 2.72 bits per heavy atom. The summed E-state index contributed by atoms with van der Waals surface area (Å²) < 4.78 is 1.65. The third-order valence-corrected chi connectivity index (χ3v) is 5.29. The normalized spacial score (nSPS) is 20.3. The first kappa shape index (κ1) is 16.0. The van der Waals surface area contributed by atoms with Crippen molar-refractivity contribution in [3.8, 4) is 11.3 Å². The van der Waals surface area contributed by atoms with Crippen LogP contribution in [-0.4, -0.2) is 25.8 Å². The minimum Gasteiger partial charge on any atom is -0.359 e. The van der Waals surface area contributed by atoms with E-state index in [1.165, 1.54) is 0 Å². The number of hydrogen-bond donors (Lipinski definition) is 1. The Bertz CT molecular complexity index is 870.